The van der Waals surface area contributed by atoms with Gasteiger partial charge in [0.15, 0.2) is 0 Å². The normalized spacial score (nSPS) is 22.0. The molecule has 2 aliphatic heterocycles. The van der Waals surface area contributed by atoms with Crippen molar-refractivity contribution in [2.24, 2.45) is 0 Å². The summed E-state index contributed by atoms with van der Waals surface area (Å²) in [5.41, 5.74) is 4.28. The number of piperidine rings is 1. The van der Waals surface area contributed by atoms with Crippen LogP contribution in [-0.2, 0) is 14.3 Å². The minimum Gasteiger partial charge on any atom is -0.434 e. The van der Waals surface area contributed by atoms with Crippen molar-refractivity contribution < 1.29 is 24.2 Å². The molecule has 0 bridgehead atoms. The number of hydrogen-bond acceptors (Lipinski definition) is 7. The lowest BCUT2D eigenvalue weighted by molar-refractivity contribution is -0.166. The maximum atomic E-state index is 12.4. The molecule has 7 heteroatoms. The van der Waals surface area contributed by atoms with Gasteiger partial charge in [0.05, 0.1) is 19.3 Å². The average molecular weight is 419 g/mol. The molecule has 0 aliphatic carbocycles. The summed E-state index contributed by atoms with van der Waals surface area (Å²) >= 11 is 0. The van der Waals surface area contributed by atoms with Crippen LogP contribution in [0.4, 0.5) is 4.79 Å². The molecule has 1 aromatic rings. The largest absolute Gasteiger partial charge is 0.513 e. The first-order valence-electron chi connectivity index (χ1n) is 10.7. The van der Waals surface area contributed by atoms with Crippen LogP contribution in [-0.4, -0.2) is 66.3 Å². The number of carbonyl (C=O) groups excluding carboxylic acids is 1. The fourth-order valence-electron chi connectivity index (χ4n) is 5.14. The van der Waals surface area contributed by atoms with E-state index in [1.54, 1.807) is 14.0 Å². The molecule has 1 N–H and O–H groups in total. The van der Waals surface area contributed by atoms with Crippen molar-refractivity contribution in [2.45, 2.75) is 59.2 Å². The Morgan fingerprint density at radius 3 is 2.27 bits per heavy atom. The van der Waals surface area contributed by atoms with Crippen molar-refractivity contribution >= 4 is 11.7 Å². The van der Waals surface area contributed by atoms with Gasteiger partial charge < -0.3 is 19.4 Å². The van der Waals surface area contributed by atoms with Crippen LogP contribution < -0.4 is 0 Å². The second-order valence-corrected chi connectivity index (χ2v) is 8.10. The first kappa shape index (κ1) is 22.7. The van der Waals surface area contributed by atoms with E-state index in [1.807, 2.05) is 30.7 Å². The molecule has 1 fully saturated rings. The number of nitrogens with zero attached hydrogens (tertiary/aromatic N) is 2. The number of aliphatic hydroxyl groups is 1. The minimum atomic E-state index is -0.867. The summed E-state index contributed by atoms with van der Waals surface area (Å²) in [7, 11) is 1.66. The summed E-state index contributed by atoms with van der Waals surface area (Å²) in [5.74, 6) is 0.515. The molecule has 1 spiro atoms. The van der Waals surface area contributed by atoms with E-state index >= 15 is 0 Å². The molecule has 1 unspecified atom stereocenters. The molecule has 0 aromatic heterocycles. The molecule has 166 valence electrons. The van der Waals surface area contributed by atoms with E-state index in [-0.39, 0.29) is 6.61 Å². The zero-order valence-corrected chi connectivity index (χ0v) is 18.9. The van der Waals surface area contributed by atoms with Crippen LogP contribution in [0.25, 0.3) is 5.57 Å². The average Bonchev–Trinajstić information content (AvgIpc) is 2.90. The zero-order chi connectivity index (χ0) is 22.1. The van der Waals surface area contributed by atoms with Crippen molar-refractivity contribution in [2.75, 3.05) is 33.4 Å². The number of hydroxylamine groups is 2. The van der Waals surface area contributed by atoms with E-state index < -0.39 is 17.9 Å². The lowest BCUT2D eigenvalue weighted by atomic mass is 9.84. The number of aliphatic hydroxyl groups excluding tert-OH is 1. The number of carbonyl (C=O) groups is 1. The molecular formula is C23H34N2O5. The molecule has 1 saturated heterocycles. The predicted octanol–water partition coefficient (Wildman–Crippen LogP) is 3.55. The lowest BCUT2D eigenvalue weighted by Gasteiger charge is -2.45. The number of likely N-dealkylation sites (N-methyl/N-ethyl adjacent to an activating group) is 1. The summed E-state index contributed by atoms with van der Waals surface area (Å²) < 4.78 is 11.0. The Balaban J connectivity index is 2.20. The molecular weight excluding hydrogens is 384 g/mol. The van der Waals surface area contributed by atoms with Crippen LogP contribution in [0.1, 0.15) is 48.9 Å². The highest BCUT2D eigenvalue weighted by atomic mass is 16.7. The number of ether oxygens (including phenoxy) is 2. The van der Waals surface area contributed by atoms with Gasteiger partial charge in [-0.05, 0) is 63.8 Å². The number of hydrogen-bond donors (Lipinski definition) is 1. The van der Waals surface area contributed by atoms with E-state index in [9.17, 15) is 9.90 Å². The Hall–Kier alpha value is -1.93. The first-order valence-corrected chi connectivity index (χ1v) is 10.7. The van der Waals surface area contributed by atoms with Gasteiger partial charge in [-0.2, -0.15) is 5.06 Å². The quantitative estimate of drug-likeness (QED) is 0.733. The Morgan fingerprint density at radius 1 is 1.17 bits per heavy atom. The van der Waals surface area contributed by atoms with Gasteiger partial charge in [-0.15, -0.1) is 0 Å². The van der Waals surface area contributed by atoms with E-state index in [0.717, 1.165) is 22.3 Å². The van der Waals surface area contributed by atoms with E-state index in [1.165, 1.54) is 0 Å². The van der Waals surface area contributed by atoms with Gasteiger partial charge in [0.1, 0.15) is 12.0 Å². The van der Waals surface area contributed by atoms with E-state index in [0.29, 0.717) is 43.8 Å². The SMILES string of the molecule is CCOC(=O)OC1=C(c2c(C)cc(C)cc2C)C(O)N(CC)C12CCN(OC)CC2. The fraction of sp³-hybridized carbons (Fsp3) is 0.609. The highest BCUT2D eigenvalue weighted by Gasteiger charge is 2.55. The standard InChI is InChI=1S/C23H34N2O5/c1-7-25-21(26)19(18-16(4)13-15(3)14-17(18)5)20(30-22(27)29-8-2)23(25)9-11-24(28-6)12-10-23/h13-14,21,26H,7-12H2,1-6H3. The molecule has 2 aliphatic rings. The van der Waals surface area contributed by atoms with Crippen LogP contribution >= 0.6 is 0 Å². The van der Waals surface area contributed by atoms with Crippen LogP contribution in [0.2, 0.25) is 0 Å². The van der Waals surface area contributed by atoms with E-state index in [2.05, 4.69) is 19.1 Å². The molecule has 30 heavy (non-hydrogen) atoms. The topological polar surface area (TPSA) is 71.5 Å². The Kier molecular flexibility index (Phi) is 6.87. The molecule has 0 radical (unpaired) electrons. The highest BCUT2D eigenvalue weighted by molar-refractivity contribution is 5.80. The molecule has 2 heterocycles. The summed E-state index contributed by atoms with van der Waals surface area (Å²) in [6.07, 6.45) is -0.248. The van der Waals surface area contributed by atoms with Crippen molar-refractivity contribution in [1.82, 2.24) is 9.96 Å². The third kappa shape index (κ3) is 3.87. The van der Waals surface area contributed by atoms with Gasteiger partial charge in [-0.25, -0.2) is 4.79 Å². The van der Waals surface area contributed by atoms with Crippen LogP contribution in [0, 0.1) is 20.8 Å². The smallest absolute Gasteiger partial charge is 0.434 e. The van der Waals surface area contributed by atoms with Crippen LogP contribution in [0.5, 0.6) is 0 Å². The van der Waals surface area contributed by atoms with Crippen molar-refractivity contribution in [1.29, 1.82) is 0 Å². The molecule has 1 atom stereocenters. The maximum absolute atomic E-state index is 12.4. The van der Waals surface area contributed by atoms with Gasteiger partial charge in [-0.1, -0.05) is 24.6 Å². The van der Waals surface area contributed by atoms with Gasteiger partial charge in [-0.3, -0.25) is 4.90 Å². The van der Waals surface area contributed by atoms with E-state index in [4.69, 9.17) is 14.3 Å². The summed E-state index contributed by atoms with van der Waals surface area (Å²) in [4.78, 5) is 19.9. The lowest BCUT2D eigenvalue weighted by Crippen LogP contribution is -2.56. The molecule has 1 aromatic carbocycles. The monoisotopic (exact) mass is 418 g/mol. The summed E-state index contributed by atoms with van der Waals surface area (Å²) in [6, 6.07) is 4.19. The predicted molar refractivity (Wildman–Crippen MR) is 115 cm³/mol. The van der Waals surface area contributed by atoms with Crippen LogP contribution in [0.3, 0.4) is 0 Å². The van der Waals surface area contributed by atoms with Crippen molar-refractivity contribution in [3.8, 4) is 0 Å². The van der Waals surface area contributed by atoms with Crippen molar-refractivity contribution in [3.63, 3.8) is 0 Å². The summed E-state index contributed by atoms with van der Waals surface area (Å²) in [6.45, 7) is 12.1. The Morgan fingerprint density at radius 2 is 1.77 bits per heavy atom. The fourth-order valence-corrected chi connectivity index (χ4v) is 5.14. The third-order valence-electron chi connectivity index (χ3n) is 6.31. The van der Waals surface area contributed by atoms with Crippen LogP contribution in [0.15, 0.2) is 17.9 Å². The number of rotatable bonds is 5. The third-order valence-corrected chi connectivity index (χ3v) is 6.31. The molecule has 3 rings (SSSR count). The molecule has 7 nitrogen and oxygen atoms in total. The maximum Gasteiger partial charge on any atom is 0.513 e. The second-order valence-electron chi connectivity index (χ2n) is 8.10. The molecule has 0 saturated carbocycles. The zero-order valence-electron chi connectivity index (χ0n) is 18.9. The van der Waals surface area contributed by atoms with Gasteiger partial charge in [0.25, 0.3) is 0 Å². The van der Waals surface area contributed by atoms with Gasteiger partial charge in [0, 0.05) is 18.7 Å². The summed E-state index contributed by atoms with van der Waals surface area (Å²) in [5, 5.41) is 13.4. The first-order chi connectivity index (χ1) is 14.3. The van der Waals surface area contributed by atoms with Gasteiger partial charge in [0.2, 0.25) is 0 Å². The van der Waals surface area contributed by atoms with Crippen molar-refractivity contribution in [3.05, 3.63) is 40.1 Å². The minimum absolute atomic E-state index is 0.231. The Labute approximate surface area is 179 Å². The number of benzene rings is 1. The van der Waals surface area contributed by atoms with Gasteiger partial charge >= 0.3 is 6.16 Å². The number of aryl methyl sites for hydroxylation is 3. The Bertz CT molecular complexity index is 804. The molecule has 0 amide bonds. The highest BCUT2D eigenvalue weighted by Crippen LogP contribution is 2.49. The second kappa shape index (κ2) is 9.06.